The van der Waals surface area contributed by atoms with Gasteiger partial charge in [0.15, 0.2) is 0 Å². The van der Waals surface area contributed by atoms with Crippen LogP contribution in [0.5, 0.6) is 11.8 Å². The van der Waals surface area contributed by atoms with Gasteiger partial charge in [0.2, 0.25) is 0 Å². The molecule has 0 fully saturated rings. The SMILES string of the molecule is CC(C)[Si](C#Cc1cccc(Oc2ncc(Br)cn2)c1)(C(C)C)C(C)C. The standard InChI is InChI=1S/C21H27BrN2OSi/c1-15(2)26(16(3)4,17(5)6)11-10-18-8-7-9-20(12-18)25-21-23-13-19(22)14-24-21/h7-9,12-17H,1-6H3. The van der Waals surface area contributed by atoms with Crippen molar-refractivity contribution in [2.45, 2.75) is 58.2 Å². The van der Waals surface area contributed by atoms with E-state index in [0.29, 0.717) is 28.4 Å². The Hall–Kier alpha value is -1.64. The molecule has 0 amide bonds. The van der Waals surface area contributed by atoms with E-state index in [2.05, 4.69) is 78.9 Å². The lowest BCUT2D eigenvalue weighted by Gasteiger charge is -2.38. The molecule has 0 bridgehead atoms. The molecule has 138 valence electrons. The molecule has 0 aliphatic heterocycles. The summed E-state index contributed by atoms with van der Waals surface area (Å²) in [4.78, 5) is 8.30. The zero-order valence-corrected chi connectivity index (χ0v) is 19.0. The fraction of sp³-hybridized carbons (Fsp3) is 0.429. The maximum Gasteiger partial charge on any atom is 0.321 e. The molecule has 2 aromatic rings. The van der Waals surface area contributed by atoms with Gasteiger partial charge in [0.1, 0.15) is 13.8 Å². The number of nitrogens with zero attached hydrogens (tertiary/aromatic N) is 2. The van der Waals surface area contributed by atoms with Crippen LogP contribution in [0.3, 0.4) is 0 Å². The third-order valence-electron chi connectivity index (χ3n) is 4.93. The molecule has 0 N–H and O–H groups in total. The average molecular weight is 431 g/mol. The number of ether oxygens (including phenoxy) is 1. The van der Waals surface area contributed by atoms with E-state index >= 15 is 0 Å². The summed E-state index contributed by atoms with van der Waals surface area (Å²) in [5, 5.41) is 0. The second-order valence-electron chi connectivity index (χ2n) is 7.46. The summed E-state index contributed by atoms with van der Waals surface area (Å²) in [6, 6.07) is 8.17. The highest BCUT2D eigenvalue weighted by Gasteiger charge is 2.41. The molecule has 5 heteroatoms. The van der Waals surface area contributed by atoms with Crippen LogP contribution in [0, 0.1) is 11.5 Å². The van der Waals surface area contributed by atoms with Crippen LogP contribution in [0.2, 0.25) is 16.6 Å². The van der Waals surface area contributed by atoms with Gasteiger partial charge in [-0.15, -0.1) is 5.54 Å². The van der Waals surface area contributed by atoms with E-state index < -0.39 is 8.07 Å². The van der Waals surface area contributed by atoms with Crippen LogP contribution in [-0.2, 0) is 0 Å². The van der Waals surface area contributed by atoms with Gasteiger partial charge in [0.25, 0.3) is 0 Å². The van der Waals surface area contributed by atoms with E-state index in [1.54, 1.807) is 12.4 Å². The van der Waals surface area contributed by atoms with Gasteiger partial charge in [-0.25, -0.2) is 9.97 Å². The molecule has 0 aliphatic rings. The van der Waals surface area contributed by atoms with Gasteiger partial charge in [-0.3, -0.25) is 0 Å². The molecule has 0 unspecified atom stereocenters. The largest absolute Gasteiger partial charge is 0.424 e. The molecule has 2 rings (SSSR count). The van der Waals surface area contributed by atoms with E-state index in [-0.39, 0.29) is 0 Å². The van der Waals surface area contributed by atoms with E-state index in [9.17, 15) is 0 Å². The highest BCUT2D eigenvalue weighted by Crippen LogP contribution is 2.40. The molecule has 0 aliphatic carbocycles. The van der Waals surface area contributed by atoms with Crippen molar-refractivity contribution in [1.82, 2.24) is 9.97 Å². The van der Waals surface area contributed by atoms with Gasteiger partial charge in [0.05, 0.1) is 4.47 Å². The van der Waals surface area contributed by atoms with Crippen LogP contribution >= 0.6 is 15.9 Å². The minimum atomic E-state index is -1.74. The Morgan fingerprint density at radius 3 is 2.08 bits per heavy atom. The molecule has 1 aromatic heterocycles. The van der Waals surface area contributed by atoms with Crippen molar-refractivity contribution in [2.24, 2.45) is 0 Å². The fourth-order valence-electron chi connectivity index (χ4n) is 3.71. The Kier molecular flexibility index (Phi) is 7.02. The van der Waals surface area contributed by atoms with Crippen molar-refractivity contribution in [1.29, 1.82) is 0 Å². The van der Waals surface area contributed by atoms with Crippen molar-refractivity contribution in [3.63, 3.8) is 0 Å². The number of hydrogen-bond donors (Lipinski definition) is 0. The van der Waals surface area contributed by atoms with Crippen molar-refractivity contribution < 1.29 is 4.74 Å². The molecule has 26 heavy (non-hydrogen) atoms. The molecule has 1 heterocycles. The summed E-state index contributed by atoms with van der Waals surface area (Å²) in [5.74, 6) is 4.15. The normalized spacial score (nSPS) is 11.6. The van der Waals surface area contributed by atoms with Gasteiger partial charge < -0.3 is 4.74 Å². The van der Waals surface area contributed by atoms with Gasteiger partial charge in [0, 0.05) is 18.0 Å². The van der Waals surface area contributed by atoms with Crippen molar-refractivity contribution in [3.8, 4) is 23.2 Å². The van der Waals surface area contributed by atoms with Gasteiger partial charge in [-0.2, -0.15) is 0 Å². The molecule has 0 spiro atoms. The number of benzene rings is 1. The van der Waals surface area contributed by atoms with Crippen LogP contribution in [0.15, 0.2) is 41.1 Å². The lowest BCUT2D eigenvalue weighted by Crippen LogP contribution is -2.43. The predicted molar refractivity (Wildman–Crippen MR) is 114 cm³/mol. The number of halogens is 1. The van der Waals surface area contributed by atoms with E-state index in [4.69, 9.17) is 4.74 Å². The first kappa shape index (κ1) is 20.7. The van der Waals surface area contributed by atoms with Crippen LogP contribution in [0.25, 0.3) is 0 Å². The summed E-state index contributed by atoms with van der Waals surface area (Å²) in [5.41, 5.74) is 6.56. The van der Waals surface area contributed by atoms with Crippen LogP contribution in [0.1, 0.15) is 47.1 Å². The highest BCUT2D eigenvalue weighted by molar-refractivity contribution is 9.10. The lowest BCUT2D eigenvalue weighted by atomic mass is 10.2. The summed E-state index contributed by atoms with van der Waals surface area (Å²) in [7, 11) is -1.74. The number of aromatic nitrogens is 2. The smallest absolute Gasteiger partial charge is 0.321 e. The second-order valence-corrected chi connectivity index (χ2v) is 14.0. The van der Waals surface area contributed by atoms with E-state index in [0.717, 1.165) is 10.0 Å². The summed E-state index contributed by atoms with van der Waals surface area (Å²) < 4.78 is 6.57. The topological polar surface area (TPSA) is 35.0 Å². The average Bonchev–Trinajstić information content (AvgIpc) is 2.57. The van der Waals surface area contributed by atoms with E-state index in [1.807, 2.05) is 24.3 Å². The molecule has 1 aromatic carbocycles. The van der Waals surface area contributed by atoms with Gasteiger partial charge >= 0.3 is 6.01 Å². The van der Waals surface area contributed by atoms with E-state index in [1.165, 1.54) is 0 Å². The maximum absolute atomic E-state index is 5.75. The summed E-state index contributed by atoms with van der Waals surface area (Å²) >= 11 is 3.32. The fourth-order valence-corrected chi connectivity index (χ4v) is 9.14. The zero-order valence-electron chi connectivity index (χ0n) is 16.4. The van der Waals surface area contributed by atoms with Crippen molar-refractivity contribution in [2.75, 3.05) is 0 Å². The zero-order chi connectivity index (χ0) is 19.3. The van der Waals surface area contributed by atoms with Crippen molar-refractivity contribution in [3.05, 3.63) is 46.7 Å². The monoisotopic (exact) mass is 430 g/mol. The van der Waals surface area contributed by atoms with Gasteiger partial charge in [-0.05, 0) is 50.8 Å². The Morgan fingerprint density at radius 2 is 1.54 bits per heavy atom. The first-order valence-electron chi connectivity index (χ1n) is 9.04. The first-order valence-corrected chi connectivity index (χ1v) is 12.1. The Balaban J connectivity index is 2.30. The second kappa shape index (κ2) is 8.83. The molecule has 3 nitrogen and oxygen atoms in total. The Bertz CT molecular complexity index is 770. The van der Waals surface area contributed by atoms with Crippen LogP contribution < -0.4 is 4.74 Å². The predicted octanol–water partition coefficient (Wildman–Crippen LogP) is 6.60. The molecule has 0 saturated heterocycles. The number of hydrogen-bond acceptors (Lipinski definition) is 3. The van der Waals surface area contributed by atoms with Crippen LogP contribution in [-0.4, -0.2) is 18.0 Å². The molecular weight excluding hydrogens is 404 g/mol. The lowest BCUT2D eigenvalue weighted by molar-refractivity contribution is 0.441. The third kappa shape index (κ3) is 4.75. The Morgan fingerprint density at radius 1 is 0.962 bits per heavy atom. The molecule has 0 saturated carbocycles. The summed E-state index contributed by atoms with van der Waals surface area (Å²) in [6.07, 6.45) is 3.33. The summed E-state index contributed by atoms with van der Waals surface area (Å²) in [6.45, 7) is 13.9. The molecular formula is C21H27BrN2OSi. The minimum Gasteiger partial charge on any atom is -0.424 e. The minimum absolute atomic E-state index is 0.327. The Labute approximate surface area is 166 Å². The first-order chi connectivity index (χ1) is 12.3. The third-order valence-corrected chi connectivity index (χ3v) is 11.6. The van der Waals surface area contributed by atoms with Crippen molar-refractivity contribution >= 4 is 24.0 Å². The molecule has 0 atom stereocenters. The van der Waals surface area contributed by atoms with Crippen LogP contribution in [0.4, 0.5) is 0 Å². The van der Waals surface area contributed by atoms with Gasteiger partial charge in [-0.1, -0.05) is 53.5 Å². The highest BCUT2D eigenvalue weighted by atomic mass is 79.9. The number of rotatable bonds is 5. The molecule has 0 radical (unpaired) electrons. The maximum atomic E-state index is 5.75. The quantitative estimate of drug-likeness (QED) is 0.395.